The second kappa shape index (κ2) is 8.50. The summed E-state index contributed by atoms with van der Waals surface area (Å²) in [5.41, 5.74) is 0.805. The quantitative estimate of drug-likeness (QED) is 0.323. The van der Waals surface area contributed by atoms with Crippen molar-refractivity contribution in [2.24, 2.45) is 5.41 Å². The second-order valence-electron chi connectivity index (χ2n) is 9.48. The first-order valence-electron chi connectivity index (χ1n) is 10.7. The van der Waals surface area contributed by atoms with Gasteiger partial charge in [-0.15, -0.1) is 0 Å². The molecule has 0 aromatic rings. The molecule has 1 N–H and O–H groups in total. The van der Waals surface area contributed by atoms with Crippen LogP contribution in [0, 0.1) is 5.41 Å². The molecule has 0 aromatic carbocycles. The smallest absolute Gasteiger partial charge is 0.0814 e. The number of hydrogen-bond donors (Lipinski definition) is 1. The van der Waals surface area contributed by atoms with E-state index in [9.17, 15) is 0 Å². The molecular weight excluding hydrogens is 362 g/mol. The second-order valence-corrected chi connectivity index (χ2v) is 11.9. The van der Waals surface area contributed by atoms with Crippen molar-refractivity contribution in [3.05, 3.63) is 0 Å². The highest BCUT2D eigenvalue weighted by Crippen LogP contribution is 2.47. The van der Waals surface area contributed by atoms with Crippen LogP contribution in [0.15, 0.2) is 0 Å². The number of likely N-dealkylation sites (tertiary alicyclic amines) is 2. The third-order valence-electron chi connectivity index (χ3n) is 6.44. The van der Waals surface area contributed by atoms with Gasteiger partial charge in [0.1, 0.15) is 0 Å². The van der Waals surface area contributed by atoms with Crippen LogP contribution in [-0.2, 0) is 4.74 Å². The van der Waals surface area contributed by atoms with E-state index in [4.69, 9.17) is 4.74 Å². The summed E-state index contributed by atoms with van der Waals surface area (Å²) in [5.74, 6) is 0. The molecule has 4 aliphatic rings. The van der Waals surface area contributed by atoms with Crippen molar-refractivity contribution in [1.29, 1.82) is 0 Å². The van der Waals surface area contributed by atoms with E-state index in [1.165, 1.54) is 84.2 Å². The Bertz CT molecular complexity index is 462. The topological polar surface area (TPSA) is 27.7 Å². The van der Waals surface area contributed by atoms with E-state index in [0.29, 0.717) is 11.5 Å². The lowest BCUT2D eigenvalue weighted by atomic mass is 10.1. The molecule has 4 fully saturated rings. The van der Waals surface area contributed by atoms with E-state index in [1.807, 2.05) is 11.0 Å². The molecule has 150 valence electrons. The van der Waals surface area contributed by atoms with Crippen LogP contribution in [-0.4, -0.2) is 72.6 Å². The molecule has 1 unspecified atom stereocenters. The highest BCUT2D eigenvalue weighted by molar-refractivity contribution is 8.76. The van der Waals surface area contributed by atoms with Crippen LogP contribution in [0.5, 0.6) is 0 Å². The van der Waals surface area contributed by atoms with Crippen molar-refractivity contribution >= 4 is 21.8 Å². The Morgan fingerprint density at radius 2 is 1.81 bits per heavy atom. The lowest BCUT2D eigenvalue weighted by Crippen LogP contribution is -2.35. The fourth-order valence-corrected chi connectivity index (χ4v) is 6.95. The summed E-state index contributed by atoms with van der Waals surface area (Å²) < 4.78 is 9.87. The van der Waals surface area contributed by atoms with E-state index in [1.54, 1.807) is 0 Å². The number of ether oxygens (including phenoxy) is 1. The van der Waals surface area contributed by atoms with Gasteiger partial charge in [-0.3, -0.25) is 9.62 Å². The largest absolute Gasteiger partial charge is 0.371 e. The maximum Gasteiger partial charge on any atom is 0.0814 e. The average molecular weight is 400 g/mol. The Balaban J connectivity index is 1.09. The predicted octanol–water partition coefficient (Wildman–Crippen LogP) is 3.78. The monoisotopic (exact) mass is 399 g/mol. The molecule has 0 radical (unpaired) electrons. The standard InChI is InChI=1S/C20H37N3OS2/c1-17(2)24-20(8-9-20)16-23-12-5-18(13-23)25-26-21-14-19(6-7-19)15-22-10-3-4-11-22/h17-18,21H,3-16H2,1-2H3. The van der Waals surface area contributed by atoms with Gasteiger partial charge in [0, 0.05) is 31.4 Å². The number of nitrogens with zero attached hydrogens (tertiary/aromatic N) is 2. The van der Waals surface area contributed by atoms with Crippen LogP contribution in [0.25, 0.3) is 0 Å². The summed E-state index contributed by atoms with van der Waals surface area (Å²) in [6.07, 6.45) is 9.89. The fraction of sp³-hybridized carbons (Fsp3) is 1.00. The van der Waals surface area contributed by atoms with Crippen LogP contribution in [0.2, 0.25) is 0 Å². The molecule has 2 saturated carbocycles. The molecule has 0 bridgehead atoms. The SMILES string of the molecule is CC(C)OC1(CN2CCC(SSNCC3(CN4CCCC4)CC3)C2)CC1. The Kier molecular flexibility index (Phi) is 6.49. The molecular formula is C20H37N3OS2. The van der Waals surface area contributed by atoms with Gasteiger partial charge >= 0.3 is 0 Å². The van der Waals surface area contributed by atoms with E-state index >= 15 is 0 Å². The van der Waals surface area contributed by atoms with Gasteiger partial charge in [0.25, 0.3) is 0 Å². The molecule has 2 heterocycles. The summed E-state index contributed by atoms with van der Waals surface area (Å²) in [5, 5.41) is 0.774. The molecule has 26 heavy (non-hydrogen) atoms. The van der Waals surface area contributed by atoms with Gasteiger partial charge in [0.2, 0.25) is 0 Å². The Labute approximate surface area is 168 Å². The normalized spacial score (nSPS) is 30.3. The number of hydrogen-bond acceptors (Lipinski definition) is 6. The lowest BCUT2D eigenvalue weighted by molar-refractivity contribution is -0.0272. The summed E-state index contributed by atoms with van der Waals surface area (Å²) in [6.45, 7) is 13.2. The van der Waals surface area contributed by atoms with Crippen molar-refractivity contribution in [1.82, 2.24) is 14.5 Å². The molecule has 2 aliphatic heterocycles. The van der Waals surface area contributed by atoms with E-state index in [-0.39, 0.29) is 5.60 Å². The summed E-state index contributed by atoms with van der Waals surface area (Å²) in [4.78, 5) is 5.33. The molecule has 4 nitrogen and oxygen atoms in total. The van der Waals surface area contributed by atoms with E-state index < -0.39 is 0 Å². The Hall–Kier alpha value is 0.540. The van der Waals surface area contributed by atoms with Gasteiger partial charge in [0.15, 0.2) is 0 Å². The van der Waals surface area contributed by atoms with Gasteiger partial charge in [-0.05, 0) is 94.8 Å². The maximum absolute atomic E-state index is 6.17. The Morgan fingerprint density at radius 3 is 2.46 bits per heavy atom. The first-order valence-corrected chi connectivity index (χ1v) is 13.0. The van der Waals surface area contributed by atoms with Crippen molar-refractivity contribution in [2.45, 2.75) is 75.7 Å². The molecule has 6 heteroatoms. The molecule has 0 aromatic heterocycles. The molecule has 0 amide bonds. The van der Waals surface area contributed by atoms with Crippen LogP contribution in [0.3, 0.4) is 0 Å². The summed E-state index contributed by atoms with van der Waals surface area (Å²) in [6, 6.07) is 0. The molecule has 4 rings (SSSR count). The van der Waals surface area contributed by atoms with Crippen LogP contribution < -0.4 is 4.72 Å². The van der Waals surface area contributed by atoms with Crippen LogP contribution in [0.4, 0.5) is 0 Å². The summed E-state index contributed by atoms with van der Waals surface area (Å²) >= 11 is 0. The lowest BCUT2D eigenvalue weighted by Gasteiger charge is -2.25. The van der Waals surface area contributed by atoms with Crippen molar-refractivity contribution in [2.75, 3.05) is 45.8 Å². The maximum atomic E-state index is 6.17. The minimum Gasteiger partial charge on any atom is -0.371 e. The van der Waals surface area contributed by atoms with Crippen molar-refractivity contribution < 1.29 is 4.74 Å². The summed E-state index contributed by atoms with van der Waals surface area (Å²) in [7, 11) is 3.98. The van der Waals surface area contributed by atoms with Gasteiger partial charge in [-0.25, -0.2) is 0 Å². The van der Waals surface area contributed by atoms with Crippen LogP contribution >= 0.6 is 21.8 Å². The minimum absolute atomic E-state index is 0.201. The van der Waals surface area contributed by atoms with Crippen molar-refractivity contribution in [3.8, 4) is 0 Å². The van der Waals surface area contributed by atoms with E-state index in [0.717, 1.165) is 11.8 Å². The van der Waals surface area contributed by atoms with Crippen LogP contribution in [0.1, 0.15) is 58.8 Å². The molecule has 0 spiro atoms. The number of rotatable bonds is 11. The number of nitrogens with one attached hydrogen (secondary N) is 1. The first kappa shape index (κ1) is 19.8. The third kappa shape index (κ3) is 5.54. The molecule has 1 atom stereocenters. The van der Waals surface area contributed by atoms with Crippen molar-refractivity contribution in [3.63, 3.8) is 0 Å². The average Bonchev–Trinajstić information content (AvgIpc) is 3.38. The van der Waals surface area contributed by atoms with Gasteiger partial charge in [-0.2, -0.15) is 0 Å². The highest BCUT2D eigenvalue weighted by atomic mass is 33.1. The third-order valence-corrected chi connectivity index (χ3v) is 8.91. The first-order chi connectivity index (χ1) is 12.6. The highest BCUT2D eigenvalue weighted by Gasteiger charge is 2.47. The van der Waals surface area contributed by atoms with E-state index in [2.05, 4.69) is 39.2 Å². The van der Waals surface area contributed by atoms with Gasteiger partial charge in [-0.1, -0.05) is 10.8 Å². The Morgan fingerprint density at radius 1 is 1.04 bits per heavy atom. The zero-order chi connectivity index (χ0) is 18.0. The van der Waals surface area contributed by atoms with Gasteiger partial charge < -0.3 is 9.64 Å². The fourth-order valence-electron chi connectivity index (χ4n) is 4.65. The minimum atomic E-state index is 0.201. The zero-order valence-corrected chi connectivity index (χ0v) is 18.3. The van der Waals surface area contributed by atoms with Gasteiger partial charge in [0.05, 0.1) is 11.7 Å². The molecule has 2 saturated heterocycles. The predicted molar refractivity (Wildman–Crippen MR) is 114 cm³/mol. The molecule has 2 aliphatic carbocycles. The zero-order valence-electron chi connectivity index (χ0n) is 16.7.